The van der Waals surface area contributed by atoms with Gasteiger partial charge < -0.3 is 19.5 Å². The molecular formula is C15H21NO3S. The van der Waals surface area contributed by atoms with E-state index in [0.29, 0.717) is 24.2 Å². The molecule has 2 aliphatic heterocycles. The quantitative estimate of drug-likeness (QED) is 0.904. The van der Waals surface area contributed by atoms with Crippen LogP contribution < -0.4 is 14.8 Å². The molecule has 0 amide bonds. The van der Waals surface area contributed by atoms with Gasteiger partial charge in [-0.15, -0.1) is 0 Å². The summed E-state index contributed by atoms with van der Waals surface area (Å²) >= 11 is 1.99. The highest BCUT2D eigenvalue weighted by atomic mass is 32.2. The first-order chi connectivity index (χ1) is 9.78. The minimum Gasteiger partial charge on any atom is -0.454 e. The van der Waals surface area contributed by atoms with E-state index in [1.54, 1.807) is 0 Å². The summed E-state index contributed by atoms with van der Waals surface area (Å²) in [4.78, 5) is 0. The molecule has 1 aromatic carbocycles. The first-order valence-electron chi connectivity index (χ1n) is 7.08. The highest BCUT2D eigenvalue weighted by Gasteiger charge is 2.26. The summed E-state index contributed by atoms with van der Waals surface area (Å²) in [5.74, 6) is 2.73. The second kappa shape index (κ2) is 6.24. The van der Waals surface area contributed by atoms with Crippen molar-refractivity contribution < 1.29 is 14.2 Å². The minimum absolute atomic E-state index is 0.322. The van der Waals surface area contributed by atoms with Gasteiger partial charge in [0.05, 0.1) is 6.10 Å². The van der Waals surface area contributed by atoms with Gasteiger partial charge in [-0.3, -0.25) is 0 Å². The molecule has 3 unspecified atom stereocenters. The van der Waals surface area contributed by atoms with Gasteiger partial charge in [-0.25, -0.2) is 0 Å². The van der Waals surface area contributed by atoms with Gasteiger partial charge in [0.25, 0.3) is 0 Å². The number of fused-ring (bicyclic) bond motifs is 1. The monoisotopic (exact) mass is 295 g/mol. The standard InChI is InChI=1S/C15H21NO3S/c1-10-15(5-6-17-10)20-8-12(16-2)11-3-4-13-14(7-11)19-9-18-13/h3-4,7,10,12,15-16H,5-6,8-9H2,1-2H3. The van der Waals surface area contributed by atoms with Crippen LogP contribution >= 0.6 is 11.8 Å². The summed E-state index contributed by atoms with van der Waals surface area (Å²) in [5.41, 5.74) is 1.25. The van der Waals surface area contributed by atoms with Crippen LogP contribution in [0, 0.1) is 0 Å². The van der Waals surface area contributed by atoms with Crippen molar-refractivity contribution >= 4 is 11.8 Å². The van der Waals surface area contributed by atoms with Crippen LogP contribution in [-0.2, 0) is 4.74 Å². The number of nitrogens with one attached hydrogen (secondary N) is 1. The molecule has 1 saturated heterocycles. The first kappa shape index (κ1) is 14.0. The number of rotatable bonds is 5. The van der Waals surface area contributed by atoms with Gasteiger partial charge in [-0.2, -0.15) is 11.8 Å². The average molecular weight is 295 g/mol. The molecule has 0 radical (unpaired) electrons. The highest BCUT2D eigenvalue weighted by molar-refractivity contribution is 8.00. The molecule has 1 fully saturated rings. The molecular weight excluding hydrogens is 274 g/mol. The van der Waals surface area contributed by atoms with Crippen LogP contribution in [0.25, 0.3) is 0 Å². The second-order valence-corrected chi connectivity index (χ2v) is 6.46. The lowest BCUT2D eigenvalue weighted by molar-refractivity contribution is 0.127. The summed E-state index contributed by atoms with van der Waals surface area (Å²) in [6.45, 7) is 3.39. The van der Waals surface area contributed by atoms with Gasteiger partial charge in [0.15, 0.2) is 11.5 Å². The maximum Gasteiger partial charge on any atom is 0.231 e. The van der Waals surface area contributed by atoms with E-state index in [2.05, 4.69) is 24.4 Å². The van der Waals surface area contributed by atoms with E-state index in [1.165, 1.54) is 5.56 Å². The van der Waals surface area contributed by atoms with Gasteiger partial charge >= 0.3 is 0 Å². The van der Waals surface area contributed by atoms with Crippen molar-refractivity contribution in [2.45, 2.75) is 30.7 Å². The molecule has 0 bridgehead atoms. The van der Waals surface area contributed by atoms with E-state index >= 15 is 0 Å². The fourth-order valence-corrected chi connectivity index (χ4v) is 4.04. The second-order valence-electron chi connectivity index (χ2n) is 5.19. The third kappa shape index (κ3) is 2.90. The van der Waals surface area contributed by atoms with Crippen molar-refractivity contribution in [1.82, 2.24) is 5.32 Å². The van der Waals surface area contributed by atoms with E-state index in [1.807, 2.05) is 24.9 Å². The Bertz CT molecular complexity index is 468. The highest BCUT2D eigenvalue weighted by Crippen LogP contribution is 2.36. The van der Waals surface area contributed by atoms with E-state index < -0.39 is 0 Å². The summed E-state index contributed by atoms with van der Waals surface area (Å²) in [6, 6.07) is 6.51. The van der Waals surface area contributed by atoms with E-state index in [-0.39, 0.29) is 0 Å². The zero-order valence-electron chi connectivity index (χ0n) is 11.9. The Morgan fingerprint density at radius 2 is 2.20 bits per heavy atom. The van der Waals surface area contributed by atoms with E-state index in [9.17, 15) is 0 Å². The van der Waals surface area contributed by atoms with E-state index in [4.69, 9.17) is 14.2 Å². The zero-order valence-corrected chi connectivity index (χ0v) is 12.7. The fourth-order valence-electron chi connectivity index (χ4n) is 2.63. The molecule has 1 aromatic rings. The molecule has 3 atom stereocenters. The number of thioether (sulfide) groups is 1. The third-order valence-electron chi connectivity index (χ3n) is 3.93. The smallest absolute Gasteiger partial charge is 0.231 e. The summed E-state index contributed by atoms with van der Waals surface area (Å²) in [7, 11) is 2.00. The lowest BCUT2D eigenvalue weighted by Crippen LogP contribution is -2.22. The average Bonchev–Trinajstić information content (AvgIpc) is 3.08. The predicted molar refractivity (Wildman–Crippen MR) is 80.6 cm³/mol. The molecule has 5 heteroatoms. The lowest BCUT2D eigenvalue weighted by Gasteiger charge is -2.20. The van der Waals surface area contributed by atoms with Crippen molar-refractivity contribution in [2.24, 2.45) is 0 Å². The Kier molecular flexibility index (Phi) is 4.38. The largest absolute Gasteiger partial charge is 0.454 e. The molecule has 2 aliphatic rings. The maximum absolute atomic E-state index is 5.62. The molecule has 0 spiro atoms. The zero-order chi connectivity index (χ0) is 13.9. The predicted octanol–water partition coefficient (Wildman–Crippen LogP) is 2.59. The molecule has 0 aliphatic carbocycles. The SMILES string of the molecule is CNC(CSC1CCOC1C)c1ccc2c(c1)OCO2. The van der Waals surface area contributed by atoms with Crippen LogP contribution in [-0.4, -0.2) is 37.6 Å². The van der Waals surface area contributed by atoms with Crippen LogP contribution in [0.2, 0.25) is 0 Å². The van der Waals surface area contributed by atoms with Gasteiger partial charge in [0.2, 0.25) is 6.79 Å². The Balaban J connectivity index is 1.64. The Hall–Kier alpha value is -0.910. The van der Waals surface area contributed by atoms with Crippen molar-refractivity contribution in [3.05, 3.63) is 23.8 Å². The molecule has 3 rings (SSSR count). The van der Waals surface area contributed by atoms with Crippen molar-refractivity contribution in [3.8, 4) is 11.5 Å². The summed E-state index contributed by atoms with van der Waals surface area (Å²) in [6.07, 6.45) is 1.53. The van der Waals surface area contributed by atoms with Crippen LogP contribution in [0.4, 0.5) is 0 Å². The Morgan fingerprint density at radius 3 is 2.95 bits per heavy atom. The first-order valence-corrected chi connectivity index (χ1v) is 8.13. The van der Waals surface area contributed by atoms with Crippen LogP contribution in [0.1, 0.15) is 24.9 Å². The fraction of sp³-hybridized carbons (Fsp3) is 0.600. The van der Waals surface area contributed by atoms with Gasteiger partial charge in [0, 0.05) is 23.7 Å². The lowest BCUT2D eigenvalue weighted by atomic mass is 10.1. The minimum atomic E-state index is 0.322. The Morgan fingerprint density at radius 1 is 1.35 bits per heavy atom. The molecule has 4 nitrogen and oxygen atoms in total. The van der Waals surface area contributed by atoms with Gasteiger partial charge in [0.1, 0.15) is 0 Å². The summed E-state index contributed by atoms with van der Waals surface area (Å²) in [5, 5.41) is 4.00. The van der Waals surface area contributed by atoms with Crippen LogP contribution in [0.15, 0.2) is 18.2 Å². The maximum atomic E-state index is 5.62. The third-order valence-corrected chi connectivity index (χ3v) is 5.50. The Labute approximate surface area is 124 Å². The molecule has 110 valence electrons. The number of hydrogen-bond acceptors (Lipinski definition) is 5. The molecule has 1 N–H and O–H groups in total. The van der Waals surface area contributed by atoms with Crippen molar-refractivity contribution in [1.29, 1.82) is 0 Å². The topological polar surface area (TPSA) is 39.7 Å². The molecule has 20 heavy (non-hydrogen) atoms. The normalized spacial score (nSPS) is 25.9. The summed E-state index contributed by atoms with van der Waals surface area (Å²) < 4.78 is 16.4. The van der Waals surface area contributed by atoms with Crippen molar-refractivity contribution in [2.75, 3.05) is 26.2 Å². The number of ether oxygens (including phenoxy) is 3. The van der Waals surface area contributed by atoms with Gasteiger partial charge in [-0.1, -0.05) is 6.07 Å². The van der Waals surface area contributed by atoms with Crippen molar-refractivity contribution in [3.63, 3.8) is 0 Å². The molecule has 2 heterocycles. The molecule has 0 saturated carbocycles. The number of hydrogen-bond donors (Lipinski definition) is 1. The van der Waals surface area contributed by atoms with Crippen LogP contribution in [0.5, 0.6) is 11.5 Å². The number of benzene rings is 1. The van der Waals surface area contributed by atoms with Gasteiger partial charge in [-0.05, 0) is 38.1 Å². The molecule has 0 aromatic heterocycles. The van der Waals surface area contributed by atoms with Crippen LogP contribution in [0.3, 0.4) is 0 Å². The van der Waals surface area contributed by atoms with E-state index in [0.717, 1.165) is 30.3 Å².